The van der Waals surface area contributed by atoms with Crippen molar-refractivity contribution in [1.82, 2.24) is 15.2 Å². The summed E-state index contributed by atoms with van der Waals surface area (Å²) < 4.78 is 0. The lowest BCUT2D eigenvalue weighted by molar-refractivity contribution is -0.135. The highest BCUT2D eigenvalue weighted by Crippen LogP contribution is 2.40. The van der Waals surface area contributed by atoms with Gasteiger partial charge >= 0.3 is 0 Å². The minimum absolute atomic E-state index is 0.0369. The lowest BCUT2D eigenvalue weighted by Gasteiger charge is -2.35. The van der Waals surface area contributed by atoms with Gasteiger partial charge in [-0.25, -0.2) is 4.98 Å². The fourth-order valence-electron chi connectivity index (χ4n) is 3.14. The molecule has 1 saturated carbocycles. The molecule has 2 heterocycles. The van der Waals surface area contributed by atoms with Crippen molar-refractivity contribution in [3.05, 3.63) is 24.4 Å². The van der Waals surface area contributed by atoms with Crippen LogP contribution >= 0.6 is 0 Å². The number of nitrogens with zero attached hydrogens (tertiary/aromatic N) is 3. The van der Waals surface area contributed by atoms with E-state index in [-0.39, 0.29) is 29.7 Å². The molecular formula is C18H26N4O2. The van der Waals surface area contributed by atoms with Crippen LogP contribution in [0.1, 0.15) is 26.7 Å². The number of hydrogen-bond acceptors (Lipinski definition) is 4. The molecule has 2 fully saturated rings. The first-order valence-electron chi connectivity index (χ1n) is 8.85. The predicted molar refractivity (Wildman–Crippen MR) is 92.5 cm³/mol. The van der Waals surface area contributed by atoms with E-state index in [2.05, 4.69) is 15.2 Å². The fourth-order valence-corrected chi connectivity index (χ4v) is 3.14. The first-order chi connectivity index (χ1) is 11.6. The van der Waals surface area contributed by atoms with Crippen molar-refractivity contribution in [1.29, 1.82) is 0 Å². The maximum atomic E-state index is 12.6. The van der Waals surface area contributed by atoms with Gasteiger partial charge in [-0.15, -0.1) is 0 Å². The molecule has 130 valence electrons. The summed E-state index contributed by atoms with van der Waals surface area (Å²) in [6.07, 6.45) is 3.39. The second-order valence-electron chi connectivity index (χ2n) is 6.77. The van der Waals surface area contributed by atoms with Crippen LogP contribution in [0.5, 0.6) is 0 Å². The van der Waals surface area contributed by atoms with Crippen molar-refractivity contribution in [3.8, 4) is 0 Å². The number of pyridine rings is 1. The Hall–Kier alpha value is -2.11. The van der Waals surface area contributed by atoms with E-state index in [9.17, 15) is 9.59 Å². The zero-order valence-electron chi connectivity index (χ0n) is 14.4. The summed E-state index contributed by atoms with van der Waals surface area (Å²) >= 11 is 0. The van der Waals surface area contributed by atoms with Crippen LogP contribution in [-0.2, 0) is 9.59 Å². The SMILES string of the molecule is CCC(C)NC(=O)C1CC1C(=O)N1CCN(c2ccccn2)CC1. The molecule has 3 unspecified atom stereocenters. The van der Waals surface area contributed by atoms with E-state index >= 15 is 0 Å². The number of rotatable bonds is 5. The molecule has 2 aliphatic rings. The Morgan fingerprint density at radius 3 is 2.62 bits per heavy atom. The number of nitrogens with one attached hydrogen (secondary N) is 1. The second-order valence-corrected chi connectivity index (χ2v) is 6.77. The normalized spacial score (nSPS) is 24.4. The third kappa shape index (κ3) is 3.68. The molecule has 6 heteroatoms. The Morgan fingerprint density at radius 1 is 1.25 bits per heavy atom. The Bertz CT molecular complexity index is 584. The minimum atomic E-state index is -0.125. The lowest BCUT2D eigenvalue weighted by Crippen LogP contribution is -2.49. The summed E-state index contributed by atoms with van der Waals surface area (Å²) in [6.45, 7) is 7.02. The van der Waals surface area contributed by atoms with Gasteiger partial charge in [-0.2, -0.15) is 0 Å². The first kappa shape index (κ1) is 16.7. The second kappa shape index (κ2) is 7.20. The number of anilines is 1. The summed E-state index contributed by atoms with van der Waals surface area (Å²) in [6, 6.07) is 6.05. The van der Waals surface area contributed by atoms with Crippen LogP contribution in [-0.4, -0.2) is 53.9 Å². The van der Waals surface area contributed by atoms with Gasteiger partial charge < -0.3 is 15.1 Å². The van der Waals surface area contributed by atoms with Crippen LogP contribution in [0, 0.1) is 11.8 Å². The fraction of sp³-hybridized carbons (Fsp3) is 0.611. The smallest absolute Gasteiger partial charge is 0.226 e. The van der Waals surface area contributed by atoms with E-state index in [1.54, 1.807) is 6.20 Å². The number of carbonyl (C=O) groups excluding carboxylic acids is 2. The molecule has 6 nitrogen and oxygen atoms in total. The van der Waals surface area contributed by atoms with Crippen LogP contribution in [0.25, 0.3) is 0 Å². The number of piperazine rings is 1. The molecule has 1 aliphatic heterocycles. The number of carbonyl (C=O) groups is 2. The Kier molecular flexibility index (Phi) is 5.02. The van der Waals surface area contributed by atoms with Gasteiger partial charge in [0.25, 0.3) is 0 Å². The molecule has 3 atom stereocenters. The summed E-state index contributed by atoms with van der Waals surface area (Å²) in [5.41, 5.74) is 0. The van der Waals surface area contributed by atoms with Crippen molar-refractivity contribution >= 4 is 17.6 Å². The minimum Gasteiger partial charge on any atom is -0.353 e. The Balaban J connectivity index is 1.47. The van der Waals surface area contributed by atoms with Crippen LogP contribution in [0.2, 0.25) is 0 Å². The van der Waals surface area contributed by atoms with Crippen LogP contribution in [0.3, 0.4) is 0 Å². The van der Waals surface area contributed by atoms with Gasteiger partial charge in [-0.3, -0.25) is 9.59 Å². The lowest BCUT2D eigenvalue weighted by atomic mass is 10.2. The van der Waals surface area contributed by atoms with E-state index in [1.807, 2.05) is 36.9 Å². The van der Waals surface area contributed by atoms with Crippen molar-refractivity contribution in [2.45, 2.75) is 32.7 Å². The average molecular weight is 330 g/mol. The van der Waals surface area contributed by atoms with Crippen molar-refractivity contribution in [2.24, 2.45) is 11.8 Å². The van der Waals surface area contributed by atoms with Gasteiger partial charge in [0.15, 0.2) is 0 Å². The van der Waals surface area contributed by atoms with Crippen molar-refractivity contribution in [2.75, 3.05) is 31.1 Å². The largest absolute Gasteiger partial charge is 0.353 e. The molecule has 2 amide bonds. The molecule has 0 radical (unpaired) electrons. The predicted octanol–water partition coefficient (Wildman–Crippen LogP) is 1.28. The monoisotopic (exact) mass is 330 g/mol. The van der Waals surface area contributed by atoms with Gasteiger partial charge in [0.05, 0.1) is 11.8 Å². The summed E-state index contributed by atoms with van der Waals surface area (Å²) in [7, 11) is 0. The summed E-state index contributed by atoms with van der Waals surface area (Å²) in [5, 5.41) is 2.98. The molecule has 1 aliphatic carbocycles. The van der Waals surface area contributed by atoms with Gasteiger partial charge in [0.2, 0.25) is 11.8 Å². The molecule has 0 bridgehead atoms. The highest BCUT2D eigenvalue weighted by Gasteiger charge is 2.49. The van der Waals surface area contributed by atoms with Crippen molar-refractivity contribution < 1.29 is 9.59 Å². The quantitative estimate of drug-likeness (QED) is 0.883. The maximum absolute atomic E-state index is 12.6. The summed E-state index contributed by atoms with van der Waals surface area (Å²) in [5.74, 6) is 0.896. The molecule has 1 aromatic heterocycles. The molecule has 1 saturated heterocycles. The maximum Gasteiger partial charge on any atom is 0.226 e. The third-order valence-electron chi connectivity index (χ3n) is 5.01. The zero-order valence-corrected chi connectivity index (χ0v) is 14.4. The molecule has 1 N–H and O–H groups in total. The van der Waals surface area contributed by atoms with E-state index in [0.717, 1.165) is 25.3 Å². The summed E-state index contributed by atoms with van der Waals surface area (Å²) in [4.78, 5) is 33.2. The van der Waals surface area contributed by atoms with Crippen LogP contribution < -0.4 is 10.2 Å². The van der Waals surface area contributed by atoms with Gasteiger partial charge in [-0.05, 0) is 31.9 Å². The topological polar surface area (TPSA) is 65.5 Å². The third-order valence-corrected chi connectivity index (χ3v) is 5.01. The highest BCUT2D eigenvalue weighted by molar-refractivity contribution is 5.92. The standard InChI is InChI=1S/C18H26N4O2/c1-3-13(2)20-17(23)14-12-15(14)18(24)22-10-8-21(9-11-22)16-6-4-5-7-19-16/h4-7,13-15H,3,8-12H2,1-2H3,(H,20,23). The first-order valence-corrected chi connectivity index (χ1v) is 8.85. The molecule has 1 aromatic rings. The van der Waals surface area contributed by atoms with E-state index < -0.39 is 0 Å². The van der Waals surface area contributed by atoms with E-state index in [1.165, 1.54) is 0 Å². The number of hydrogen-bond donors (Lipinski definition) is 1. The zero-order chi connectivity index (χ0) is 17.1. The van der Waals surface area contributed by atoms with E-state index in [4.69, 9.17) is 0 Å². The van der Waals surface area contributed by atoms with Gasteiger partial charge in [0.1, 0.15) is 5.82 Å². The number of amides is 2. The molecule has 0 spiro atoms. The average Bonchev–Trinajstić information content (AvgIpc) is 3.43. The van der Waals surface area contributed by atoms with Gasteiger partial charge in [-0.1, -0.05) is 13.0 Å². The van der Waals surface area contributed by atoms with Gasteiger partial charge in [0, 0.05) is 38.4 Å². The number of aromatic nitrogens is 1. The van der Waals surface area contributed by atoms with Crippen LogP contribution in [0.4, 0.5) is 5.82 Å². The molecule has 0 aromatic carbocycles. The molecule has 24 heavy (non-hydrogen) atoms. The Morgan fingerprint density at radius 2 is 2.00 bits per heavy atom. The Labute approximate surface area is 143 Å². The molecule has 3 rings (SSSR count). The van der Waals surface area contributed by atoms with Crippen molar-refractivity contribution in [3.63, 3.8) is 0 Å². The molecular weight excluding hydrogens is 304 g/mol. The van der Waals surface area contributed by atoms with Crippen LogP contribution in [0.15, 0.2) is 24.4 Å². The van der Waals surface area contributed by atoms with E-state index in [0.29, 0.717) is 19.5 Å². The highest BCUT2D eigenvalue weighted by atomic mass is 16.2.